The number of nitrogens with one attached hydrogen (secondary N) is 1. The van der Waals surface area contributed by atoms with E-state index in [1.165, 1.54) is 24.1 Å². The minimum Gasteiger partial charge on any atom is -0.399 e. The maximum atomic E-state index is 5.74. The minimum absolute atomic E-state index is 0.772. The smallest absolute Gasteiger partial charge is 0.0374 e. The van der Waals surface area contributed by atoms with E-state index in [-0.39, 0.29) is 0 Å². The van der Waals surface area contributed by atoms with E-state index in [0.717, 1.165) is 18.2 Å². The summed E-state index contributed by atoms with van der Waals surface area (Å²) in [7, 11) is 0. The minimum atomic E-state index is 0.772. The fourth-order valence-electron chi connectivity index (χ4n) is 1.88. The predicted octanol–water partition coefficient (Wildman–Crippen LogP) is 2.26. The third-order valence-corrected chi connectivity index (χ3v) is 2.80. The van der Waals surface area contributed by atoms with Crippen molar-refractivity contribution in [3.8, 4) is 0 Å². The molecule has 0 fully saturated rings. The largest absolute Gasteiger partial charge is 0.399 e. The third-order valence-electron chi connectivity index (χ3n) is 2.80. The van der Waals surface area contributed by atoms with Crippen LogP contribution in [0.15, 0.2) is 18.2 Å². The highest BCUT2D eigenvalue weighted by atomic mass is 14.9. The molecular weight excluding hydrogens is 160 g/mol. The molecule has 1 aliphatic rings. The highest BCUT2D eigenvalue weighted by Gasteiger charge is 2.16. The molecule has 0 radical (unpaired) electrons. The van der Waals surface area contributed by atoms with E-state index >= 15 is 0 Å². The standard InChI is InChI=1S/C11H16N2/c1-2-8-5-9-6-10(12)3-4-11(9)13-7-8/h3-4,6,8,13H,2,5,7,12H2,1H3. The lowest BCUT2D eigenvalue weighted by Gasteiger charge is -2.25. The predicted molar refractivity (Wildman–Crippen MR) is 56.8 cm³/mol. The van der Waals surface area contributed by atoms with Crippen molar-refractivity contribution in [3.05, 3.63) is 23.8 Å². The molecule has 0 bridgehead atoms. The van der Waals surface area contributed by atoms with Crippen molar-refractivity contribution < 1.29 is 0 Å². The van der Waals surface area contributed by atoms with Gasteiger partial charge in [0.2, 0.25) is 0 Å². The van der Waals surface area contributed by atoms with E-state index in [1.807, 2.05) is 6.07 Å². The molecule has 0 saturated carbocycles. The number of anilines is 2. The van der Waals surface area contributed by atoms with Crippen LogP contribution in [-0.4, -0.2) is 6.54 Å². The molecule has 1 aromatic rings. The molecular formula is C11H16N2. The number of nitrogen functional groups attached to an aromatic ring is 1. The van der Waals surface area contributed by atoms with Gasteiger partial charge in [-0.2, -0.15) is 0 Å². The highest BCUT2D eigenvalue weighted by Crippen LogP contribution is 2.27. The van der Waals surface area contributed by atoms with Gasteiger partial charge in [-0.25, -0.2) is 0 Å². The fraction of sp³-hybridized carbons (Fsp3) is 0.455. The number of hydrogen-bond acceptors (Lipinski definition) is 2. The summed E-state index contributed by atoms with van der Waals surface area (Å²) < 4.78 is 0. The lowest BCUT2D eigenvalue weighted by molar-refractivity contribution is 0.521. The van der Waals surface area contributed by atoms with Crippen molar-refractivity contribution in [3.63, 3.8) is 0 Å². The normalized spacial score (nSPS) is 20.5. The van der Waals surface area contributed by atoms with Crippen molar-refractivity contribution in [2.75, 3.05) is 17.6 Å². The number of fused-ring (bicyclic) bond motifs is 1. The van der Waals surface area contributed by atoms with Crippen molar-refractivity contribution >= 4 is 11.4 Å². The second-order valence-corrected chi connectivity index (χ2v) is 3.78. The van der Waals surface area contributed by atoms with Gasteiger partial charge in [0.15, 0.2) is 0 Å². The van der Waals surface area contributed by atoms with Crippen LogP contribution in [0.2, 0.25) is 0 Å². The van der Waals surface area contributed by atoms with E-state index < -0.39 is 0 Å². The van der Waals surface area contributed by atoms with Gasteiger partial charge < -0.3 is 11.1 Å². The molecule has 2 nitrogen and oxygen atoms in total. The Labute approximate surface area is 79.1 Å². The van der Waals surface area contributed by atoms with Gasteiger partial charge in [-0.1, -0.05) is 13.3 Å². The Balaban J connectivity index is 2.27. The van der Waals surface area contributed by atoms with Crippen LogP contribution in [0.3, 0.4) is 0 Å². The molecule has 0 spiro atoms. The van der Waals surface area contributed by atoms with Gasteiger partial charge in [0.25, 0.3) is 0 Å². The molecule has 0 aliphatic carbocycles. The zero-order valence-electron chi connectivity index (χ0n) is 8.01. The topological polar surface area (TPSA) is 38.0 Å². The van der Waals surface area contributed by atoms with Gasteiger partial charge in [-0.15, -0.1) is 0 Å². The Kier molecular flexibility index (Phi) is 2.13. The molecule has 1 aliphatic heterocycles. The number of hydrogen-bond donors (Lipinski definition) is 2. The average molecular weight is 176 g/mol. The monoisotopic (exact) mass is 176 g/mol. The van der Waals surface area contributed by atoms with Crippen molar-refractivity contribution in [2.24, 2.45) is 5.92 Å². The van der Waals surface area contributed by atoms with Crippen LogP contribution < -0.4 is 11.1 Å². The summed E-state index contributed by atoms with van der Waals surface area (Å²) in [6, 6.07) is 6.12. The van der Waals surface area contributed by atoms with Crippen LogP contribution in [-0.2, 0) is 6.42 Å². The summed E-state index contributed by atoms with van der Waals surface area (Å²) >= 11 is 0. The zero-order valence-corrected chi connectivity index (χ0v) is 8.01. The van der Waals surface area contributed by atoms with Crippen LogP contribution in [0.4, 0.5) is 11.4 Å². The molecule has 1 atom stereocenters. The first-order valence-electron chi connectivity index (χ1n) is 4.92. The van der Waals surface area contributed by atoms with Gasteiger partial charge in [0.05, 0.1) is 0 Å². The van der Waals surface area contributed by atoms with E-state index in [0.29, 0.717) is 0 Å². The zero-order chi connectivity index (χ0) is 9.26. The second kappa shape index (κ2) is 3.29. The first-order chi connectivity index (χ1) is 6.29. The Morgan fingerprint density at radius 3 is 3.15 bits per heavy atom. The molecule has 70 valence electrons. The van der Waals surface area contributed by atoms with Gasteiger partial charge >= 0.3 is 0 Å². The van der Waals surface area contributed by atoms with Gasteiger partial charge in [-0.3, -0.25) is 0 Å². The molecule has 3 N–H and O–H groups in total. The number of benzene rings is 1. The highest BCUT2D eigenvalue weighted by molar-refractivity contribution is 5.59. The second-order valence-electron chi connectivity index (χ2n) is 3.78. The molecule has 1 heterocycles. The molecule has 2 rings (SSSR count). The summed E-state index contributed by atoms with van der Waals surface area (Å²) in [5.41, 5.74) is 9.25. The fourth-order valence-corrected chi connectivity index (χ4v) is 1.88. The quantitative estimate of drug-likeness (QED) is 0.644. The maximum Gasteiger partial charge on any atom is 0.0374 e. The summed E-state index contributed by atoms with van der Waals surface area (Å²) in [4.78, 5) is 0. The van der Waals surface area contributed by atoms with Gasteiger partial charge in [0, 0.05) is 17.9 Å². The lowest BCUT2D eigenvalue weighted by atomic mass is 9.92. The summed E-state index contributed by atoms with van der Waals surface area (Å²) in [6.45, 7) is 3.34. The first-order valence-corrected chi connectivity index (χ1v) is 4.92. The molecule has 13 heavy (non-hydrogen) atoms. The SMILES string of the molecule is CCC1CNc2ccc(N)cc2C1. The van der Waals surface area contributed by atoms with Gasteiger partial charge in [0.1, 0.15) is 0 Å². The van der Waals surface area contributed by atoms with Crippen LogP contribution in [0.1, 0.15) is 18.9 Å². The van der Waals surface area contributed by atoms with E-state index in [1.54, 1.807) is 0 Å². The van der Waals surface area contributed by atoms with Crippen LogP contribution >= 0.6 is 0 Å². The number of nitrogens with two attached hydrogens (primary N) is 1. The van der Waals surface area contributed by atoms with E-state index in [2.05, 4.69) is 24.4 Å². The Morgan fingerprint density at radius 2 is 2.38 bits per heavy atom. The molecule has 1 aromatic carbocycles. The average Bonchev–Trinajstić information content (AvgIpc) is 2.16. The molecule has 0 amide bonds. The number of rotatable bonds is 1. The van der Waals surface area contributed by atoms with Crippen LogP contribution in [0, 0.1) is 5.92 Å². The van der Waals surface area contributed by atoms with E-state index in [9.17, 15) is 0 Å². The Bertz CT molecular complexity index is 307. The van der Waals surface area contributed by atoms with E-state index in [4.69, 9.17) is 5.73 Å². The van der Waals surface area contributed by atoms with Crippen LogP contribution in [0.5, 0.6) is 0 Å². The maximum absolute atomic E-state index is 5.74. The first kappa shape index (κ1) is 8.42. The van der Waals surface area contributed by atoms with Gasteiger partial charge in [-0.05, 0) is 36.1 Å². The Morgan fingerprint density at radius 1 is 1.54 bits per heavy atom. The molecule has 0 saturated heterocycles. The lowest BCUT2D eigenvalue weighted by Crippen LogP contribution is -2.22. The summed E-state index contributed by atoms with van der Waals surface area (Å²) in [6.07, 6.45) is 2.41. The summed E-state index contributed by atoms with van der Waals surface area (Å²) in [5, 5.41) is 3.44. The summed E-state index contributed by atoms with van der Waals surface area (Å²) in [5.74, 6) is 0.772. The van der Waals surface area contributed by atoms with Crippen LogP contribution in [0.25, 0.3) is 0 Å². The third kappa shape index (κ3) is 1.62. The Hall–Kier alpha value is -1.18. The van der Waals surface area contributed by atoms with Crippen molar-refractivity contribution in [1.29, 1.82) is 0 Å². The molecule has 0 aromatic heterocycles. The molecule has 1 unspecified atom stereocenters. The molecule has 2 heteroatoms. The van der Waals surface area contributed by atoms with Crippen molar-refractivity contribution in [1.82, 2.24) is 0 Å². The van der Waals surface area contributed by atoms with Crippen molar-refractivity contribution in [2.45, 2.75) is 19.8 Å².